The van der Waals surface area contributed by atoms with Gasteiger partial charge in [0.2, 0.25) is 0 Å². The number of aliphatic hydroxyl groups excluding tert-OH is 1. The molecular weight excluding hydrogens is 336 g/mol. The molecule has 0 saturated carbocycles. The minimum absolute atomic E-state index is 0.241. The number of benzene rings is 2. The Labute approximate surface area is 139 Å². The zero-order valence-electron chi connectivity index (χ0n) is 13.1. The number of carbonyl (C=O) groups is 1. The summed E-state index contributed by atoms with van der Waals surface area (Å²) in [5.74, 6) is -1.26. The van der Waals surface area contributed by atoms with E-state index >= 15 is 0 Å². The molecule has 2 aromatic rings. The van der Waals surface area contributed by atoms with Crippen LogP contribution < -0.4 is 4.74 Å². The number of hydrogen-bond acceptors (Lipinski definition) is 6. The third kappa shape index (κ3) is 4.79. The van der Waals surface area contributed by atoms with Crippen LogP contribution in [0.25, 0.3) is 0 Å². The highest BCUT2D eigenvalue weighted by molar-refractivity contribution is 7.86. The van der Waals surface area contributed by atoms with Crippen molar-refractivity contribution in [2.75, 3.05) is 13.7 Å². The van der Waals surface area contributed by atoms with Crippen LogP contribution in [0, 0.1) is 0 Å². The van der Waals surface area contributed by atoms with Crippen molar-refractivity contribution in [1.29, 1.82) is 0 Å². The average Bonchev–Trinajstić information content (AvgIpc) is 2.54. The van der Waals surface area contributed by atoms with Crippen LogP contribution in [0.1, 0.15) is 22.8 Å². The molecule has 0 saturated heterocycles. The van der Waals surface area contributed by atoms with Gasteiger partial charge in [0.15, 0.2) is 5.78 Å². The minimum Gasteiger partial charge on any atom is -0.507 e. The molecule has 0 fully saturated rings. The summed E-state index contributed by atoms with van der Waals surface area (Å²) in [5.41, 5.74) is 0.0360. The van der Waals surface area contributed by atoms with Crippen LogP contribution in [0.15, 0.2) is 47.4 Å². The van der Waals surface area contributed by atoms with Crippen LogP contribution in [0.3, 0.4) is 0 Å². The lowest BCUT2D eigenvalue weighted by molar-refractivity contribution is 0.103. The number of aliphatic hydroxyl groups is 1. The van der Waals surface area contributed by atoms with E-state index in [1.54, 1.807) is 25.1 Å². The molecule has 0 bridgehead atoms. The molecule has 0 spiro atoms. The van der Waals surface area contributed by atoms with E-state index in [2.05, 4.69) is 0 Å². The minimum atomic E-state index is -4.59. The highest BCUT2D eigenvalue weighted by Crippen LogP contribution is 2.32. The first-order valence-corrected chi connectivity index (χ1v) is 8.29. The summed E-state index contributed by atoms with van der Waals surface area (Å²) in [6.07, 6.45) is 0. The zero-order valence-corrected chi connectivity index (χ0v) is 13.9. The number of phenolic OH excluding ortho intramolecular Hbond substituents is 1. The van der Waals surface area contributed by atoms with Crippen LogP contribution in [0.5, 0.6) is 11.5 Å². The van der Waals surface area contributed by atoms with Gasteiger partial charge in [0.05, 0.1) is 12.7 Å². The molecule has 130 valence electrons. The Bertz CT molecular complexity index is 799. The van der Waals surface area contributed by atoms with Gasteiger partial charge in [-0.1, -0.05) is 30.3 Å². The molecular formula is C16H18O7S. The van der Waals surface area contributed by atoms with E-state index in [9.17, 15) is 18.3 Å². The molecule has 0 aliphatic rings. The van der Waals surface area contributed by atoms with Crippen molar-refractivity contribution in [2.24, 2.45) is 0 Å². The Kier molecular flexibility index (Phi) is 6.90. The van der Waals surface area contributed by atoms with Crippen molar-refractivity contribution in [2.45, 2.75) is 11.8 Å². The van der Waals surface area contributed by atoms with Gasteiger partial charge in [0.1, 0.15) is 16.4 Å². The van der Waals surface area contributed by atoms with Gasteiger partial charge in [-0.3, -0.25) is 9.35 Å². The van der Waals surface area contributed by atoms with Gasteiger partial charge < -0.3 is 14.9 Å². The summed E-state index contributed by atoms with van der Waals surface area (Å²) in [7, 11) is -3.41. The Morgan fingerprint density at radius 1 is 1.17 bits per heavy atom. The third-order valence-corrected chi connectivity index (χ3v) is 3.72. The molecule has 0 atom stereocenters. The van der Waals surface area contributed by atoms with Crippen LogP contribution in [-0.2, 0) is 10.1 Å². The monoisotopic (exact) mass is 354 g/mol. The van der Waals surface area contributed by atoms with Crippen molar-refractivity contribution < 1.29 is 32.7 Å². The maximum atomic E-state index is 12.3. The summed E-state index contributed by atoms with van der Waals surface area (Å²) >= 11 is 0. The number of ether oxygens (including phenoxy) is 1. The van der Waals surface area contributed by atoms with E-state index < -0.39 is 26.5 Å². The number of ketones is 1. The van der Waals surface area contributed by atoms with E-state index in [0.29, 0.717) is 0 Å². The number of aromatic hydroxyl groups is 1. The topological polar surface area (TPSA) is 121 Å². The third-order valence-electron chi connectivity index (χ3n) is 2.84. The molecule has 2 aromatic carbocycles. The molecule has 0 amide bonds. The van der Waals surface area contributed by atoms with Gasteiger partial charge in [0.25, 0.3) is 10.1 Å². The fourth-order valence-electron chi connectivity index (χ4n) is 1.84. The van der Waals surface area contributed by atoms with Crippen molar-refractivity contribution in [3.05, 3.63) is 53.6 Å². The summed E-state index contributed by atoms with van der Waals surface area (Å²) in [6.45, 7) is 1.93. The molecule has 24 heavy (non-hydrogen) atoms. The smallest absolute Gasteiger partial charge is 0.298 e. The molecule has 0 aliphatic heterocycles. The Hall–Kier alpha value is -2.42. The second kappa shape index (κ2) is 8.44. The molecule has 0 unspecified atom stereocenters. The molecule has 8 heteroatoms. The highest BCUT2D eigenvalue weighted by Gasteiger charge is 2.23. The van der Waals surface area contributed by atoms with Gasteiger partial charge in [-0.25, -0.2) is 0 Å². The van der Waals surface area contributed by atoms with E-state index in [0.717, 1.165) is 12.1 Å². The summed E-state index contributed by atoms with van der Waals surface area (Å²) in [4.78, 5) is 11.7. The predicted octanol–water partition coefficient (Wildman–Crippen LogP) is 1.88. The molecule has 3 N–H and O–H groups in total. The summed E-state index contributed by atoms with van der Waals surface area (Å²) < 4.78 is 36.6. The second-order valence-electron chi connectivity index (χ2n) is 4.51. The van der Waals surface area contributed by atoms with E-state index in [4.69, 9.17) is 14.4 Å². The quantitative estimate of drug-likeness (QED) is 0.566. The van der Waals surface area contributed by atoms with Gasteiger partial charge in [-0.05, 0) is 13.0 Å². The summed E-state index contributed by atoms with van der Waals surface area (Å²) in [6, 6.07) is 9.90. The number of phenols is 1. The van der Waals surface area contributed by atoms with Gasteiger partial charge >= 0.3 is 0 Å². The maximum absolute atomic E-state index is 12.3. The standard InChI is InChI=1S/C14H12O6S.C2H6O/c1-20-12-8-11(15)10(7-13(12)21(17,18)19)14(16)9-5-3-2-4-6-9;1-2-3/h2-8,15H,1H3,(H,17,18,19);3H,2H2,1H3. The van der Waals surface area contributed by atoms with Crippen LogP contribution in [-0.4, -0.2) is 42.7 Å². The van der Waals surface area contributed by atoms with Crippen LogP contribution >= 0.6 is 0 Å². The highest BCUT2D eigenvalue weighted by atomic mass is 32.2. The fraction of sp³-hybridized carbons (Fsp3) is 0.188. The first kappa shape index (κ1) is 19.6. The molecule has 0 aromatic heterocycles. The van der Waals surface area contributed by atoms with Crippen molar-refractivity contribution in [1.82, 2.24) is 0 Å². The zero-order chi connectivity index (χ0) is 18.3. The van der Waals surface area contributed by atoms with Crippen LogP contribution in [0.4, 0.5) is 0 Å². The fourth-order valence-corrected chi connectivity index (χ4v) is 2.50. The lowest BCUT2D eigenvalue weighted by Crippen LogP contribution is -2.07. The molecule has 0 heterocycles. The Balaban J connectivity index is 0.000000891. The SMILES string of the molecule is CCO.COc1cc(O)c(C(=O)c2ccccc2)cc1S(=O)(=O)O. The average molecular weight is 354 g/mol. The first-order chi connectivity index (χ1) is 11.3. The second-order valence-corrected chi connectivity index (χ2v) is 5.90. The maximum Gasteiger partial charge on any atom is 0.298 e. The van der Waals surface area contributed by atoms with Crippen molar-refractivity contribution in [3.8, 4) is 11.5 Å². The molecule has 0 aliphatic carbocycles. The van der Waals surface area contributed by atoms with Gasteiger partial charge in [-0.2, -0.15) is 8.42 Å². The lowest BCUT2D eigenvalue weighted by atomic mass is 10.0. The first-order valence-electron chi connectivity index (χ1n) is 6.85. The predicted molar refractivity (Wildman–Crippen MR) is 87.1 cm³/mol. The molecule has 7 nitrogen and oxygen atoms in total. The van der Waals surface area contributed by atoms with E-state index in [-0.39, 0.29) is 23.5 Å². The number of hydrogen-bond donors (Lipinski definition) is 3. The number of carbonyl (C=O) groups excluding carboxylic acids is 1. The number of methoxy groups -OCH3 is 1. The normalized spacial score (nSPS) is 10.5. The van der Waals surface area contributed by atoms with E-state index in [1.807, 2.05) is 0 Å². The van der Waals surface area contributed by atoms with Crippen molar-refractivity contribution >= 4 is 15.9 Å². The summed E-state index contributed by atoms with van der Waals surface area (Å²) in [5, 5.41) is 17.4. The molecule has 2 rings (SSSR count). The molecule has 0 radical (unpaired) electrons. The number of rotatable bonds is 4. The largest absolute Gasteiger partial charge is 0.507 e. The lowest BCUT2D eigenvalue weighted by Gasteiger charge is -2.10. The van der Waals surface area contributed by atoms with Crippen LogP contribution in [0.2, 0.25) is 0 Å². The Morgan fingerprint density at radius 3 is 2.17 bits per heavy atom. The van der Waals surface area contributed by atoms with Gasteiger partial charge in [0, 0.05) is 18.2 Å². The van der Waals surface area contributed by atoms with Crippen molar-refractivity contribution in [3.63, 3.8) is 0 Å². The van der Waals surface area contributed by atoms with Gasteiger partial charge in [-0.15, -0.1) is 0 Å². The Morgan fingerprint density at radius 2 is 1.71 bits per heavy atom. The van der Waals surface area contributed by atoms with E-state index in [1.165, 1.54) is 19.2 Å².